The molecular formula is C27H31ClN4O2. The number of amides is 2. The molecule has 1 fully saturated rings. The van der Waals surface area contributed by atoms with Gasteiger partial charge in [-0.2, -0.15) is 5.10 Å². The number of nitrogens with one attached hydrogen (secondary N) is 1. The Kier molecular flexibility index (Phi) is 7.08. The lowest BCUT2D eigenvalue weighted by molar-refractivity contribution is -0.131. The van der Waals surface area contributed by atoms with Gasteiger partial charge in [0.15, 0.2) is 0 Å². The number of halogens is 1. The summed E-state index contributed by atoms with van der Waals surface area (Å²) in [6, 6.07) is 17.9. The SMILES string of the molecule is Cc1cc(C)n(-c2cccc(CN(C)C(=O)CC[C@]3(Cc4ccc(Cl)cc4)CCC(=O)N3)c2)n1. The molecule has 34 heavy (non-hydrogen) atoms. The highest BCUT2D eigenvalue weighted by molar-refractivity contribution is 6.30. The molecule has 7 heteroatoms. The first-order chi connectivity index (χ1) is 16.2. The summed E-state index contributed by atoms with van der Waals surface area (Å²) in [5.74, 6) is 0.115. The minimum absolute atomic E-state index is 0.0516. The molecule has 1 saturated heterocycles. The number of hydrogen-bond donors (Lipinski definition) is 1. The van der Waals surface area contributed by atoms with Crippen LogP contribution in [0.5, 0.6) is 0 Å². The number of hydrogen-bond acceptors (Lipinski definition) is 3. The first-order valence-corrected chi connectivity index (χ1v) is 12.0. The minimum atomic E-state index is -0.392. The number of carbonyl (C=O) groups is 2. The van der Waals surface area contributed by atoms with E-state index in [1.165, 1.54) is 0 Å². The second kappa shape index (κ2) is 10.0. The van der Waals surface area contributed by atoms with E-state index in [0.29, 0.717) is 37.3 Å². The third-order valence-corrected chi connectivity index (χ3v) is 6.77. The molecule has 1 aliphatic rings. The van der Waals surface area contributed by atoms with Gasteiger partial charge in [0, 0.05) is 42.7 Å². The fourth-order valence-electron chi connectivity index (χ4n) is 4.75. The Morgan fingerprint density at radius 1 is 1.15 bits per heavy atom. The number of aryl methyl sites for hydroxylation is 2. The Balaban J connectivity index is 1.40. The number of aromatic nitrogens is 2. The standard InChI is InChI=1S/C27H31ClN4O2/c1-19-15-20(2)32(30-19)24-6-4-5-22(16-24)18-31(3)26(34)12-14-27(13-11-25(33)29-27)17-21-7-9-23(28)10-8-21/h4-10,15-16H,11-14,17-18H2,1-3H3,(H,29,33)/t27-/m0/s1. The summed E-state index contributed by atoms with van der Waals surface area (Å²) < 4.78 is 1.92. The van der Waals surface area contributed by atoms with E-state index in [4.69, 9.17) is 11.6 Å². The smallest absolute Gasteiger partial charge is 0.222 e. The van der Waals surface area contributed by atoms with Gasteiger partial charge in [-0.3, -0.25) is 9.59 Å². The molecule has 2 aromatic carbocycles. The number of carbonyl (C=O) groups excluding carboxylic acids is 2. The Hall–Kier alpha value is -3.12. The molecule has 0 radical (unpaired) electrons. The normalized spacial score (nSPS) is 17.6. The highest BCUT2D eigenvalue weighted by Crippen LogP contribution is 2.30. The van der Waals surface area contributed by atoms with Crippen molar-refractivity contribution in [2.75, 3.05) is 7.05 Å². The third-order valence-electron chi connectivity index (χ3n) is 6.52. The van der Waals surface area contributed by atoms with Crippen LogP contribution in [-0.4, -0.2) is 39.1 Å². The molecule has 0 spiro atoms. The summed E-state index contributed by atoms with van der Waals surface area (Å²) in [5.41, 5.74) is 4.79. The van der Waals surface area contributed by atoms with E-state index in [-0.39, 0.29) is 11.8 Å². The molecule has 2 heterocycles. The molecule has 1 aromatic heterocycles. The van der Waals surface area contributed by atoms with E-state index in [0.717, 1.165) is 34.6 Å². The third kappa shape index (κ3) is 5.68. The molecule has 1 atom stereocenters. The number of nitrogens with zero attached hydrogens (tertiary/aromatic N) is 3. The quantitative estimate of drug-likeness (QED) is 0.507. The van der Waals surface area contributed by atoms with E-state index in [1.54, 1.807) is 4.90 Å². The van der Waals surface area contributed by atoms with Gasteiger partial charge in [-0.05, 0) is 74.6 Å². The predicted octanol–water partition coefficient (Wildman–Crippen LogP) is 4.77. The van der Waals surface area contributed by atoms with E-state index >= 15 is 0 Å². The van der Waals surface area contributed by atoms with Crippen molar-refractivity contribution in [3.05, 3.63) is 82.1 Å². The first-order valence-electron chi connectivity index (χ1n) is 11.7. The van der Waals surface area contributed by atoms with Gasteiger partial charge in [0.2, 0.25) is 11.8 Å². The van der Waals surface area contributed by atoms with Crippen molar-refractivity contribution < 1.29 is 9.59 Å². The number of rotatable bonds is 8. The van der Waals surface area contributed by atoms with Gasteiger partial charge in [0.25, 0.3) is 0 Å². The average molecular weight is 479 g/mol. The van der Waals surface area contributed by atoms with Crippen molar-refractivity contribution in [2.45, 2.75) is 58.0 Å². The maximum absolute atomic E-state index is 13.0. The van der Waals surface area contributed by atoms with Crippen LogP contribution < -0.4 is 5.32 Å². The van der Waals surface area contributed by atoms with Gasteiger partial charge < -0.3 is 10.2 Å². The van der Waals surface area contributed by atoms with Gasteiger partial charge in [-0.15, -0.1) is 0 Å². The zero-order chi connectivity index (χ0) is 24.3. The van der Waals surface area contributed by atoms with Gasteiger partial charge in [0.1, 0.15) is 0 Å². The van der Waals surface area contributed by atoms with Gasteiger partial charge >= 0.3 is 0 Å². The maximum atomic E-state index is 13.0. The van der Waals surface area contributed by atoms with Crippen LogP contribution in [0.25, 0.3) is 5.69 Å². The van der Waals surface area contributed by atoms with Gasteiger partial charge in [-0.25, -0.2) is 4.68 Å². The lowest BCUT2D eigenvalue weighted by atomic mass is 9.85. The largest absolute Gasteiger partial charge is 0.350 e. The lowest BCUT2D eigenvalue weighted by Gasteiger charge is -2.30. The molecule has 1 N–H and O–H groups in total. The topological polar surface area (TPSA) is 67.2 Å². The van der Waals surface area contributed by atoms with Crippen molar-refractivity contribution >= 4 is 23.4 Å². The van der Waals surface area contributed by atoms with E-state index in [2.05, 4.69) is 16.5 Å². The monoisotopic (exact) mass is 478 g/mol. The van der Waals surface area contributed by atoms with Crippen molar-refractivity contribution in [2.24, 2.45) is 0 Å². The molecule has 2 amide bonds. The molecular weight excluding hydrogens is 448 g/mol. The van der Waals surface area contributed by atoms with Crippen LogP contribution in [0.3, 0.4) is 0 Å². The molecule has 0 saturated carbocycles. The summed E-state index contributed by atoms with van der Waals surface area (Å²) in [5, 5.41) is 8.40. The summed E-state index contributed by atoms with van der Waals surface area (Å²) in [6.07, 6.45) is 2.91. The summed E-state index contributed by atoms with van der Waals surface area (Å²) >= 11 is 6.02. The Bertz CT molecular complexity index is 1190. The highest BCUT2D eigenvalue weighted by Gasteiger charge is 2.38. The average Bonchev–Trinajstić information content (AvgIpc) is 3.35. The van der Waals surface area contributed by atoms with Crippen LogP contribution >= 0.6 is 11.6 Å². The minimum Gasteiger partial charge on any atom is -0.350 e. The van der Waals surface area contributed by atoms with Crippen LogP contribution in [0.2, 0.25) is 5.02 Å². The van der Waals surface area contributed by atoms with Crippen LogP contribution in [0.1, 0.15) is 48.2 Å². The Morgan fingerprint density at radius 3 is 2.56 bits per heavy atom. The fraction of sp³-hybridized carbons (Fsp3) is 0.370. The van der Waals surface area contributed by atoms with Gasteiger partial charge in [-0.1, -0.05) is 35.9 Å². The molecule has 0 unspecified atom stereocenters. The lowest BCUT2D eigenvalue weighted by Crippen LogP contribution is -2.44. The molecule has 0 bridgehead atoms. The van der Waals surface area contributed by atoms with Crippen LogP contribution in [0.4, 0.5) is 0 Å². The predicted molar refractivity (Wildman–Crippen MR) is 134 cm³/mol. The fourth-order valence-corrected chi connectivity index (χ4v) is 4.88. The molecule has 178 valence electrons. The first kappa shape index (κ1) is 24.0. The van der Waals surface area contributed by atoms with Crippen molar-refractivity contribution in [3.63, 3.8) is 0 Å². The summed E-state index contributed by atoms with van der Waals surface area (Å²) in [6.45, 7) is 4.53. The maximum Gasteiger partial charge on any atom is 0.222 e. The molecule has 3 aromatic rings. The molecule has 0 aliphatic carbocycles. The van der Waals surface area contributed by atoms with E-state index < -0.39 is 5.54 Å². The van der Waals surface area contributed by atoms with Crippen LogP contribution in [0, 0.1) is 13.8 Å². The Morgan fingerprint density at radius 2 is 1.91 bits per heavy atom. The van der Waals surface area contributed by atoms with Crippen molar-refractivity contribution in [3.8, 4) is 5.69 Å². The van der Waals surface area contributed by atoms with E-state index in [1.807, 2.05) is 74.1 Å². The summed E-state index contributed by atoms with van der Waals surface area (Å²) in [4.78, 5) is 26.8. The van der Waals surface area contributed by atoms with Crippen molar-refractivity contribution in [1.82, 2.24) is 20.0 Å². The van der Waals surface area contributed by atoms with Crippen molar-refractivity contribution in [1.29, 1.82) is 0 Å². The van der Waals surface area contributed by atoms with Crippen LogP contribution in [-0.2, 0) is 22.6 Å². The second-order valence-electron chi connectivity index (χ2n) is 9.39. The Labute approximate surface area is 205 Å². The molecule has 1 aliphatic heterocycles. The highest BCUT2D eigenvalue weighted by atomic mass is 35.5. The summed E-state index contributed by atoms with van der Waals surface area (Å²) in [7, 11) is 1.83. The zero-order valence-corrected chi connectivity index (χ0v) is 20.7. The van der Waals surface area contributed by atoms with Crippen LogP contribution in [0.15, 0.2) is 54.6 Å². The second-order valence-corrected chi connectivity index (χ2v) is 9.83. The zero-order valence-electron chi connectivity index (χ0n) is 20.0. The van der Waals surface area contributed by atoms with Gasteiger partial charge in [0.05, 0.1) is 11.4 Å². The molecule has 6 nitrogen and oxygen atoms in total. The van der Waals surface area contributed by atoms with E-state index in [9.17, 15) is 9.59 Å². The molecule has 4 rings (SSSR count). The number of benzene rings is 2.